The summed E-state index contributed by atoms with van der Waals surface area (Å²) in [4.78, 5) is 56.5. The average molecular weight is 684 g/mol. The predicted octanol–water partition coefficient (Wildman–Crippen LogP) is 2.40. The van der Waals surface area contributed by atoms with Gasteiger partial charge in [-0.2, -0.15) is 18.3 Å². The molecule has 0 unspecified atom stereocenters. The van der Waals surface area contributed by atoms with Crippen LogP contribution in [0.2, 0.25) is 0 Å². The first kappa shape index (κ1) is 33.4. The van der Waals surface area contributed by atoms with Crippen molar-refractivity contribution < 1.29 is 37.3 Å². The molecule has 4 aromatic rings. The minimum Gasteiger partial charge on any atom is -0.504 e. The number of benzene rings is 1. The van der Waals surface area contributed by atoms with E-state index in [1.165, 1.54) is 15.8 Å². The van der Waals surface area contributed by atoms with Crippen LogP contribution >= 0.6 is 0 Å². The number of fused-ring (bicyclic) bond motifs is 1. The normalized spacial score (nSPS) is 15.1. The van der Waals surface area contributed by atoms with Crippen molar-refractivity contribution in [1.29, 1.82) is 0 Å². The quantitative estimate of drug-likeness (QED) is 0.266. The third kappa shape index (κ3) is 6.76. The number of alkyl halides is 2. The first-order valence-corrected chi connectivity index (χ1v) is 15.4. The van der Waals surface area contributed by atoms with Crippen molar-refractivity contribution in [3.63, 3.8) is 0 Å². The zero-order chi connectivity index (χ0) is 34.8. The molecule has 2 N–H and O–H groups in total. The molecule has 2 amide bonds. The summed E-state index contributed by atoms with van der Waals surface area (Å²) >= 11 is 0. The Bertz CT molecular complexity index is 2010. The number of carbonyl (C=O) groups is 2. The number of hydrogen-bond donors (Lipinski definition) is 2. The SMILES string of the molecule is CCc1c(N2CCN(C(=O)c3ncnc(C)c3O)CC2)c(=O)n2nc(C3=CCOCC3)nc2n1CC(=O)Nc1ccc(OC(F)F)cc1F. The van der Waals surface area contributed by atoms with Gasteiger partial charge in [-0.1, -0.05) is 13.0 Å². The van der Waals surface area contributed by atoms with Crippen LogP contribution in [0.5, 0.6) is 11.5 Å². The van der Waals surface area contributed by atoms with Crippen LogP contribution in [0.4, 0.5) is 24.5 Å². The molecule has 49 heavy (non-hydrogen) atoms. The molecular formula is C31H32F3N9O6. The van der Waals surface area contributed by atoms with Crippen molar-refractivity contribution in [1.82, 2.24) is 34.0 Å². The third-order valence-electron chi connectivity index (χ3n) is 8.24. The smallest absolute Gasteiger partial charge is 0.387 e. The fraction of sp³-hybridized carbons (Fsp3) is 0.387. The van der Waals surface area contributed by atoms with Crippen molar-refractivity contribution in [2.75, 3.05) is 49.6 Å². The van der Waals surface area contributed by atoms with Crippen molar-refractivity contribution in [2.24, 2.45) is 0 Å². The molecule has 1 fully saturated rings. The number of halogens is 3. The van der Waals surface area contributed by atoms with Gasteiger partial charge in [0, 0.05) is 32.2 Å². The number of nitrogens with zero attached hydrogens (tertiary/aromatic N) is 8. The summed E-state index contributed by atoms with van der Waals surface area (Å²) in [6.07, 6.45) is 3.82. The van der Waals surface area contributed by atoms with Gasteiger partial charge in [0.25, 0.3) is 11.5 Å². The molecule has 2 aliphatic heterocycles. The van der Waals surface area contributed by atoms with Crippen LogP contribution in [0.3, 0.4) is 0 Å². The Hall–Kier alpha value is -5.52. The number of piperazine rings is 1. The maximum atomic E-state index is 14.7. The van der Waals surface area contributed by atoms with Crippen LogP contribution in [0.25, 0.3) is 11.4 Å². The van der Waals surface area contributed by atoms with Gasteiger partial charge in [0.2, 0.25) is 11.7 Å². The number of nitrogens with one attached hydrogen (secondary N) is 1. The van der Waals surface area contributed by atoms with E-state index in [9.17, 15) is 32.7 Å². The number of aryl methyl sites for hydroxylation is 1. The van der Waals surface area contributed by atoms with Gasteiger partial charge < -0.3 is 34.3 Å². The maximum Gasteiger partial charge on any atom is 0.387 e. The van der Waals surface area contributed by atoms with Crippen LogP contribution in [0, 0.1) is 12.7 Å². The monoisotopic (exact) mass is 683 g/mol. The summed E-state index contributed by atoms with van der Waals surface area (Å²) in [6.45, 7) is 1.48. The highest BCUT2D eigenvalue weighted by Gasteiger charge is 2.31. The minimum atomic E-state index is -3.14. The van der Waals surface area contributed by atoms with E-state index in [0.29, 0.717) is 31.2 Å². The van der Waals surface area contributed by atoms with Gasteiger partial charge in [-0.15, -0.1) is 5.10 Å². The summed E-state index contributed by atoms with van der Waals surface area (Å²) in [5.74, 6) is -2.46. The average Bonchev–Trinajstić information content (AvgIpc) is 3.54. The topological polar surface area (TPSA) is 169 Å². The summed E-state index contributed by atoms with van der Waals surface area (Å²) in [5.41, 5.74) is 0.905. The molecule has 0 atom stereocenters. The number of anilines is 2. The highest BCUT2D eigenvalue weighted by Crippen LogP contribution is 2.26. The van der Waals surface area contributed by atoms with Gasteiger partial charge in [-0.3, -0.25) is 14.4 Å². The van der Waals surface area contributed by atoms with Crippen molar-refractivity contribution >= 4 is 34.5 Å². The van der Waals surface area contributed by atoms with Crippen LogP contribution in [-0.2, 0) is 22.5 Å². The number of aromatic hydroxyl groups is 1. The number of ether oxygens (including phenoxy) is 2. The Balaban J connectivity index is 1.33. The Morgan fingerprint density at radius 3 is 2.61 bits per heavy atom. The molecule has 0 bridgehead atoms. The molecule has 3 aromatic heterocycles. The van der Waals surface area contributed by atoms with Gasteiger partial charge in [0.15, 0.2) is 17.3 Å². The number of hydrogen-bond acceptors (Lipinski definition) is 11. The zero-order valence-electron chi connectivity index (χ0n) is 26.5. The lowest BCUT2D eigenvalue weighted by atomic mass is 10.1. The summed E-state index contributed by atoms with van der Waals surface area (Å²) in [6, 6.07) is 2.94. The van der Waals surface area contributed by atoms with Crippen LogP contribution in [-0.4, -0.2) is 97.0 Å². The third-order valence-corrected chi connectivity index (χ3v) is 8.24. The Kier molecular flexibility index (Phi) is 9.48. The lowest BCUT2D eigenvalue weighted by molar-refractivity contribution is -0.116. The van der Waals surface area contributed by atoms with E-state index in [-0.39, 0.29) is 66.9 Å². The van der Waals surface area contributed by atoms with E-state index >= 15 is 0 Å². The first-order valence-electron chi connectivity index (χ1n) is 15.4. The molecule has 15 nitrogen and oxygen atoms in total. The highest BCUT2D eigenvalue weighted by molar-refractivity contribution is 5.95. The molecule has 2 aliphatic rings. The van der Waals surface area contributed by atoms with Crippen LogP contribution in [0.1, 0.15) is 41.0 Å². The largest absolute Gasteiger partial charge is 0.504 e. The van der Waals surface area contributed by atoms with Gasteiger partial charge in [0.1, 0.15) is 30.1 Å². The van der Waals surface area contributed by atoms with Crippen molar-refractivity contribution in [2.45, 2.75) is 39.8 Å². The number of carbonyl (C=O) groups excluding carboxylic acids is 2. The molecule has 1 aromatic carbocycles. The van der Waals surface area contributed by atoms with Gasteiger partial charge in [-0.25, -0.2) is 14.4 Å². The second-order valence-corrected chi connectivity index (χ2v) is 11.2. The summed E-state index contributed by atoms with van der Waals surface area (Å²) in [5, 5.41) is 17.3. The molecule has 0 spiro atoms. The van der Waals surface area contributed by atoms with E-state index < -0.39 is 42.1 Å². The fourth-order valence-electron chi connectivity index (χ4n) is 5.81. The Morgan fingerprint density at radius 1 is 1.16 bits per heavy atom. The fourth-order valence-corrected chi connectivity index (χ4v) is 5.81. The van der Waals surface area contributed by atoms with Crippen LogP contribution < -0.4 is 20.5 Å². The van der Waals surface area contributed by atoms with Crippen LogP contribution in [0.15, 0.2) is 35.4 Å². The molecular weight excluding hydrogens is 651 g/mol. The molecule has 0 aliphatic carbocycles. The number of rotatable bonds is 9. The summed E-state index contributed by atoms with van der Waals surface area (Å²) in [7, 11) is 0. The first-order chi connectivity index (χ1) is 23.5. The number of aromatic nitrogens is 6. The predicted molar refractivity (Wildman–Crippen MR) is 168 cm³/mol. The lowest BCUT2D eigenvalue weighted by Gasteiger charge is -2.36. The summed E-state index contributed by atoms with van der Waals surface area (Å²) < 4.78 is 52.2. The molecule has 18 heteroatoms. The lowest BCUT2D eigenvalue weighted by Crippen LogP contribution is -2.51. The van der Waals surface area contributed by atoms with E-state index in [2.05, 4.69) is 30.1 Å². The Labute approximate surface area is 276 Å². The van der Waals surface area contributed by atoms with Gasteiger partial charge in [-0.05, 0) is 37.5 Å². The molecule has 5 heterocycles. The zero-order valence-corrected chi connectivity index (χ0v) is 26.5. The molecule has 258 valence electrons. The van der Waals surface area contributed by atoms with Gasteiger partial charge >= 0.3 is 6.61 Å². The van der Waals surface area contributed by atoms with Gasteiger partial charge in [0.05, 0.1) is 30.3 Å². The molecule has 6 rings (SSSR count). The van der Waals surface area contributed by atoms with E-state index in [1.807, 2.05) is 13.0 Å². The second-order valence-electron chi connectivity index (χ2n) is 11.2. The maximum absolute atomic E-state index is 14.7. The number of amides is 2. The van der Waals surface area contributed by atoms with E-state index in [1.54, 1.807) is 11.8 Å². The van der Waals surface area contributed by atoms with E-state index in [4.69, 9.17) is 4.74 Å². The molecule has 1 saturated heterocycles. The molecule has 0 saturated carbocycles. The van der Waals surface area contributed by atoms with E-state index in [0.717, 1.165) is 28.3 Å². The van der Waals surface area contributed by atoms with Crippen molar-refractivity contribution in [3.8, 4) is 11.5 Å². The second kappa shape index (κ2) is 13.9. The standard InChI is InChI=1S/C31H32F3N9O6/c1-3-22-25(40-8-10-41(11-9-40)28(46)24-26(45)17(2)35-16-36-24)29(47)43-31(38-27(39-43)18-6-12-48-13-7-18)42(22)15-23(44)37-21-5-4-19(14-20(21)32)49-30(33)34/h4-6,14,16,30,45H,3,7-13,15H2,1-2H3,(H,37,44). The highest BCUT2D eigenvalue weighted by atomic mass is 19.3. The van der Waals surface area contributed by atoms with Crippen molar-refractivity contribution in [3.05, 3.63) is 69.7 Å². The molecule has 0 radical (unpaired) electrons. The minimum absolute atomic E-state index is 0.0905. The Morgan fingerprint density at radius 2 is 1.94 bits per heavy atom.